The van der Waals surface area contributed by atoms with E-state index in [9.17, 15) is 4.39 Å². The van der Waals surface area contributed by atoms with Gasteiger partial charge in [-0.25, -0.2) is 9.37 Å². The number of thioether (sulfide) groups is 1. The Hall–Kier alpha value is -2.64. The van der Waals surface area contributed by atoms with E-state index >= 15 is 0 Å². The van der Waals surface area contributed by atoms with Crippen LogP contribution in [0.4, 0.5) is 4.39 Å². The molecule has 0 spiro atoms. The van der Waals surface area contributed by atoms with E-state index in [4.69, 9.17) is 17.0 Å². The maximum atomic E-state index is 14.0. The molecule has 0 saturated carbocycles. The molecule has 8 heteroatoms. The van der Waals surface area contributed by atoms with E-state index in [0.717, 1.165) is 16.9 Å². The molecule has 0 aliphatic heterocycles. The van der Waals surface area contributed by atoms with Crippen molar-refractivity contribution in [3.63, 3.8) is 0 Å². The minimum Gasteiger partial charge on any atom is -0.283 e. The number of aryl methyl sites for hydroxylation is 2. The number of benzene rings is 2. The third kappa shape index (κ3) is 3.31. The summed E-state index contributed by atoms with van der Waals surface area (Å²) in [6, 6.07) is 12.2. The Balaban J connectivity index is 1.87. The Morgan fingerprint density at radius 3 is 2.75 bits per heavy atom. The predicted octanol–water partition coefficient (Wildman–Crippen LogP) is 4.93. The summed E-state index contributed by atoms with van der Waals surface area (Å²) in [6.45, 7) is 3.77. The first-order valence-electron chi connectivity index (χ1n) is 8.60. The highest BCUT2D eigenvalue weighted by Gasteiger charge is 2.16. The van der Waals surface area contributed by atoms with Gasteiger partial charge in [-0.1, -0.05) is 41.6 Å². The largest absolute Gasteiger partial charge is 0.283 e. The van der Waals surface area contributed by atoms with Gasteiger partial charge in [0.15, 0.2) is 10.8 Å². The van der Waals surface area contributed by atoms with Crippen molar-refractivity contribution in [1.82, 2.24) is 19.7 Å². The minimum atomic E-state index is -0.258. The van der Waals surface area contributed by atoms with Gasteiger partial charge in [0.25, 0.3) is 0 Å². The van der Waals surface area contributed by atoms with Gasteiger partial charge in [0, 0.05) is 22.2 Å². The zero-order chi connectivity index (χ0) is 19.8. The maximum absolute atomic E-state index is 14.0. The molecule has 0 aliphatic rings. The molecule has 142 valence electrons. The molecule has 0 fully saturated rings. The van der Waals surface area contributed by atoms with Crippen LogP contribution in [0.25, 0.3) is 16.7 Å². The molecule has 0 saturated heterocycles. The van der Waals surface area contributed by atoms with E-state index < -0.39 is 0 Å². The summed E-state index contributed by atoms with van der Waals surface area (Å²) < 4.78 is 15.8. The minimum absolute atomic E-state index is 0.258. The van der Waals surface area contributed by atoms with Crippen LogP contribution in [0.3, 0.4) is 0 Å². The zero-order valence-electron chi connectivity index (χ0n) is 15.3. The van der Waals surface area contributed by atoms with Crippen LogP contribution in [0.5, 0.6) is 0 Å². The van der Waals surface area contributed by atoms with E-state index in [1.165, 1.54) is 17.8 Å². The molecule has 2 aromatic heterocycles. The fraction of sp³-hybridized carbons (Fsp3) is 0.150. The average Bonchev–Trinajstić information content (AvgIpc) is 3.05. The van der Waals surface area contributed by atoms with Crippen LogP contribution in [-0.2, 0) is 5.75 Å². The van der Waals surface area contributed by atoms with Gasteiger partial charge in [0.1, 0.15) is 11.3 Å². The van der Waals surface area contributed by atoms with Gasteiger partial charge in [-0.05, 0) is 49.2 Å². The number of aromatic nitrogens is 4. The first kappa shape index (κ1) is 18.7. The van der Waals surface area contributed by atoms with E-state index in [0.29, 0.717) is 32.5 Å². The van der Waals surface area contributed by atoms with E-state index in [1.54, 1.807) is 28.8 Å². The molecule has 2 aromatic carbocycles. The fourth-order valence-corrected chi connectivity index (χ4v) is 4.10. The second-order valence-corrected chi connectivity index (χ2v) is 7.79. The zero-order valence-corrected chi connectivity index (χ0v) is 16.8. The molecule has 5 nitrogen and oxygen atoms in total. The fourth-order valence-electron chi connectivity index (χ4n) is 2.99. The third-order valence-electron chi connectivity index (χ3n) is 4.50. The molecule has 0 amide bonds. The van der Waals surface area contributed by atoms with Gasteiger partial charge in [0.2, 0.25) is 0 Å². The molecular weight excluding hydrogens is 397 g/mol. The third-order valence-corrected chi connectivity index (χ3v) is 5.91. The molecule has 28 heavy (non-hydrogen) atoms. The molecule has 0 atom stereocenters. The lowest BCUT2D eigenvalue weighted by Gasteiger charge is -2.14. The number of nitrogens with zero attached hydrogens (tertiary/aromatic N) is 3. The Bertz CT molecular complexity index is 1250. The first-order chi connectivity index (χ1) is 13.5. The first-order valence-corrected chi connectivity index (χ1v) is 9.97. The standard InChI is InChI=1S/C20H17ClFN5S/c1-11-9-14(7-8-15(11)21)27-18(23)17-12(2)25-26-19(17)24-20(27)28-10-13-5-3-4-6-16(13)22/h3-9,23H,10H2,1-2H3,(H,25,26). The van der Waals surface area contributed by atoms with Crippen LogP contribution in [0.15, 0.2) is 47.6 Å². The van der Waals surface area contributed by atoms with Gasteiger partial charge in [-0.2, -0.15) is 5.10 Å². The summed E-state index contributed by atoms with van der Waals surface area (Å²) >= 11 is 7.54. The van der Waals surface area contributed by atoms with Crippen LogP contribution >= 0.6 is 23.4 Å². The number of hydrogen-bond donors (Lipinski definition) is 2. The summed E-state index contributed by atoms with van der Waals surface area (Å²) in [5.41, 5.74) is 3.78. The van der Waals surface area contributed by atoms with Crippen molar-refractivity contribution in [2.75, 3.05) is 0 Å². The Kier molecular flexibility index (Phi) is 4.95. The summed E-state index contributed by atoms with van der Waals surface area (Å²) in [4.78, 5) is 4.64. The number of halogens is 2. The van der Waals surface area contributed by atoms with Crippen molar-refractivity contribution in [3.05, 3.63) is 75.6 Å². The topological polar surface area (TPSA) is 70.3 Å². The number of H-pyrrole nitrogens is 1. The van der Waals surface area contributed by atoms with Crippen molar-refractivity contribution in [3.8, 4) is 5.69 Å². The number of rotatable bonds is 4. The highest BCUT2D eigenvalue weighted by molar-refractivity contribution is 7.98. The molecule has 0 aliphatic carbocycles. The highest BCUT2D eigenvalue weighted by atomic mass is 35.5. The maximum Gasteiger partial charge on any atom is 0.187 e. The van der Waals surface area contributed by atoms with Crippen molar-refractivity contribution in [2.24, 2.45) is 0 Å². The van der Waals surface area contributed by atoms with E-state index in [-0.39, 0.29) is 11.3 Å². The summed E-state index contributed by atoms with van der Waals surface area (Å²) in [7, 11) is 0. The highest BCUT2D eigenvalue weighted by Crippen LogP contribution is 2.27. The van der Waals surface area contributed by atoms with Crippen molar-refractivity contribution < 1.29 is 4.39 Å². The lowest BCUT2D eigenvalue weighted by atomic mass is 10.2. The Labute approximate surface area is 170 Å². The molecule has 0 unspecified atom stereocenters. The summed E-state index contributed by atoms with van der Waals surface area (Å²) in [5, 5.41) is 17.7. The molecule has 0 bridgehead atoms. The monoisotopic (exact) mass is 413 g/mol. The number of fused-ring (bicyclic) bond motifs is 1. The molecular formula is C20H17ClFN5S. The second-order valence-electron chi connectivity index (χ2n) is 6.44. The van der Waals surface area contributed by atoms with E-state index in [1.807, 2.05) is 26.0 Å². The Morgan fingerprint density at radius 2 is 2.00 bits per heavy atom. The second kappa shape index (κ2) is 7.41. The predicted molar refractivity (Wildman–Crippen MR) is 110 cm³/mol. The SMILES string of the molecule is Cc1cc(-n2c(SCc3ccccc3F)nc3n[nH]c(C)c3c2=N)ccc1Cl. The smallest absolute Gasteiger partial charge is 0.187 e. The molecule has 4 aromatic rings. The number of nitrogens with one attached hydrogen (secondary N) is 2. The Morgan fingerprint density at radius 1 is 1.21 bits per heavy atom. The normalized spacial score (nSPS) is 11.3. The summed E-state index contributed by atoms with van der Waals surface area (Å²) in [5.74, 6) is 0.132. The number of hydrogen-bond acceptors (Lipinski definition) is 4. The van der Waals surface area contributed by atoms with Gasteiger partial charge in [-0.15, -0.1) is 0 Å². The van der Waals surface area contributed by atoms with Crippen LogP contribution < -0.4 is 5.49 Å². The molecule has 4 rings (SSSR count). The van der Waals surface area contributed by atoms with Crippen molar-refractivity contribution >= 4 is 34.4 Å². The van der Waals surface area contributed by atoms with E-state index in [2.05, 4.69) is 15.2 Å². The van der Waals surface area contributed by atoms with Gasteiger partial charge >= 0.3 is 0 Å². The summed E-state index contributed by atoms with van der Waals surface area (Å²) in [6.07, 6.45) is 0. The van der Waals surface area contributed by atoms with Crippen LogP contribution in [0.1, 0.15) is 16.8 Å². The molecule has 2 heterocycles. The lowest BCUT2D eigenvalue weighted by Crippen LogP contribution is -2.22. The molecule has 0 radical (unpaired) electrons. The lowest BCUT2D eigenvalue weighted by molar-refractivity contribution is 0.617. The van der Waals surface area contributed by atoms with Crippen molar-refractivity contribution in [2.45, 2.75) is 24.8 Å². The van der Waals surface area contributed by atoms with Gasteiger partial charge in [0.05, 0.1) is 5.39 Å². The van der Waals surface area contributed by atoms with Crippen LogP contribution in [0, 0.1) is 25.1 Å². The molecule has 2 N–H and O–H groups in total. The average molecular weight is 414 g/mol. The van der Waals surface area contributed by atoms with Crippen LogP contribution in [-0.4, -0.2) is 19.7 Å². The van der Waals surface area contributed by atoms with Crippen LogP contribution in [0.2, 0.25) is 5.02 Å². The van der Waals surface area contributed by atoms with Gasteiger partial charge < -0.3 is 0 Å². The van der Waals surface area contributed by atoms with Crippen molar-refractivity contribution in [1.29, 1.82) is 5.41 Å². The van der Waals surface area contributed by atoms with Gasteiger partial charge in [-0.3, -0.25) is 15.1 Å². The number of aromatic amines is 1. The quantitative estimate of drug-likeness (QED) is 0.368.